The van der Waals surface area contributed by atoms with Gasteiger partial charge in [0.15, 0.2) is 18.1 Å². The molecule has 0 N–H and O–H groups in total. The van der Waals surface area contributed by atoms with Gasteiger partial charge < -0.3 is 14.4 Å². The van der Waals surface area contributed by atoms with E-state index in [1.807, 2.05) is 29.2 Å². The van der Waals surface area contributed by atoms with E-state index in [0.29, 0.717) is 18.0 Å². The fraction of sp³-hybridized carbons (Fsp3) is 0.316. The van der Waals surface area contributed by atoms with E-state index < -0.39 is 0 Å². The predicted octanol–water partition coefficient (Wildman–Crippen LogP) is 3.45. The Morgan fingerprint density at radius 3 is 3.04 bits per heavy atom. The van der Waals surface area contributed by atoms with Crippen LogP contribution >= 0.6 is 11.3 Å². The molecule has 2 heterocycles. The van der Waals surface area contributed by atoms with Gasteiger partial charge in [0.25, 0.3) is 5.91 Å². The lowest BCUT2D eigenvalue weighted by Gasteiger charge is -2.27. The molecule has 1 aromatic carbocycles. The molecule has 1 aliphatic rings. The Bertz CT molecular complexity index is 738. The summed E-state index contributed by atoms with van der Waals surface area (Å²) in [6.45, 7) is 5.19. The van der Waals surface area contributed by atoms with Crippen molar-refractivity contribution >= 4 is 17.2 Å². The second-order valence-electron chi connectivity index (χ2n) is 5.70. The van der Waals surface area contributed by atoms with Crippen LogP contribution < -0.4 is 9.47 Å². The lowest BCUT2D eigenvalue weighted by Crippen LogP contribution is -2.38. The fourth-order valence-electron chi connectivity index (χ4n) is 2.82. The van der Waals surface area contributed by atoms with Crippen molar-refractivity contribution in [1.82, 2.24) is 4.90 Å². The summed E-state index contributed by atoms with van der Waals surface area (Å²) in [5, 5.41) is 2.09. The highest BCUT2D eigenvalue weighted by Gasteiger charge is 2.22. The van der Waals surface area contributed by atoms with E-state index in [9.17, 15) is 4.79 Å². The molecule has 3 rings (SSSR count). The van der Waals surface area contributed by atoms with Crippen molar-refractivity contribution in [2.45, 2.75) is 19.4 Å². The highest BCUT2D eigenvalue weighted by atomic mass is 32.1. The van der Waals surface area contributed by atoms with Crippen LogP contribution in [0.15, 0.2) is 42.3 Å². The Hall–Kier alpha value is -2.27. The second-order valence-corrected chi connectivity index (χ2v) is 6.70. The SMILES string of the molecule is C=CCc1ccc(OCC(=O)N2CCc3sccc3C2)c(OC)c1. The number of hydrogen-bond acceptors (Lipinski definition) is 4. The summed E-state index contributed by atoms with van der Waals surface area (Å²) in [6, 6.07) is 7.82. The van der Waals surface area contributed by atoms with Crippen molar-refractivity contribution in [3.8, 4) is 11.5 Å². The Balaban J connectivity index is 1.61. The van der Waals surface area contributed by atoms with E-state index in [-0.39, 0.29) is 12.5 Å². The third kappa shape index (κ3) is 3.62. The average molecular weight is 343 g/mol. The minimum absolute atomic E-state index is 0.00377. The van der Waals surface area contributed by atoms with Crippen molar-refractivity contribution in [3.63, 3.8) is 0 Å². The van der Waals surface area contributed by atoms with Crippen molar-refractivity contribution < 1.29 is 14.3 Å². The maximum absolute atomic E-state index is 12.4. The summed E-state index contributed by atoms with van der Waals surface area (Å²) in [7, 11) is 1.60. The Morgan fingerprint density at radius 2 is 2.25 bits per heavy atom. The minimum Gasteiger partial charge on any atom is -0.493 e. The van der Waals surface area contributed by atoms with Crippen LogP contribution in [0.2, 0.25) is 0 Å². The van der Waals surface area contributed by atoms with Crippen LogP contribution in [-0.2, 0) is 24.2 Å². The summed E-state index contributed by atoms with van der Waals surface area (Å²) >= 11 is 1.77. The van der Waals surface area contributed by atoms with Crippen LogP contribution in [0.4, 0.5) is 0 Å². The highest BCUT2D eigenvalue weighted by Crippen LogP contribution is 2.29. The molecule has 1 aromatic heterocycles. The zero-order chi connectivity index (χ0) is 16.9. The molecule has 0 saturated heterocycles. The van der Waals surface area contributed by atoms with Gasteiger partial charge >= 0.3 is 0 Å². The van der Waals surface area contributed by atoms with Crippen molar-refractivity contribution in [2.75, 3.05) is 20.3 Å². The van der Waals surface area contributed by atoms with E-state index in [2.05, 4.69) is 18.0 Å². The third-order valence-corrected chi connectivity index (χ3v) is 5.14. The molecule has 2 aromatic rings. The largest absolute Gasteiger partial charge is 0.493 e. The normalized spacial score (nSPS) is 13.3. The Morgan fingerprint density at radius 1 is 1.38 bits per heavy atom. The molecule has 0 unspecified atom stereocenters. The number of methoxy groups -OCH3 is 1. The summed E-state index contributed by atoms with van der Waals surface area (Å²) in [4.78, 5) is 15.7. The van der Waals surface area contributed by atoms with Gasteiger partial charge in [-0.3, -0.25) is 4.79 Å². The lowest BCUT2D eigenvalue weighted by atomic mass is 10.1. The molecule has 5 heteroatoms. The molecule has 24 heavy (non-hydrogen) atoms. The van der Waals surface area contributed by atoms with Crippen LogP contribution in [0.25, 0.3) is 0 Å². The summed E-state index contributed by atoms with van der Waals surface area (Å²) in [5.41, 5.74) is 2.35. The first kappa shape index (κ1) is 16.6. The van der Waals surface area contributed by atoms with Gasteiger partial charge in [-0.2, -0.15) is 0 Å². The topological polar surface area (TPSA) is 38.8 Å². The van der Waals surface area contributed by atoms with E-state index in [4.69, 9.17) is 9.47 Å². The van der Waals surface area contributed by atoms with E-state index >= 15 is 0 Å². The van der Waals surface area contributed by atoms with Gasteiger partial charge in [-0.25, -0.2) is 0 Å². The standard InChI is InChI=1S/C19H21NO3S/c1-3-4-14-5-6-16(17(11-14)22-2)23-13-19(21)20-9-7-18-15(12-20)8-10-24-18/h3,5-6,8,10-11H,1,4,7,9,12-13H2,2H3. The molecule has 126 valence electrons. The number of nitrogens with zero attached hydrogens (tertiary/aromatic N) is 1. The molecular weight excluding hydrogens is 322 g/mol. The summed E-state index contributed by atoms with van der Waals surface area (Å²) < 4.78 is 11.1. The molecule has 0 radical (unpaired) electrons. The predicted molar refractivity (Wildman–Crippen MR) is 95.8 cm³/mol. The van der Waals surface area contributed by atoms with Gasteiger partial charge in [0.2, 0.25) is 0 Å². The zero-order valence-corrected chi connectivity index (χ0v) is 14.6. The number of rotatable bonds is 6. The maximum atomic E-state index is 12.4. The van der Waals surface area contributed by atoms with E-state index in [1.54, 1.807) is 18.4 Å². The van der Waals surface area contributed by atoms with E-state index in [0.717, 1.165) is 24.9 Å². The molecule has 0 atom stereocenters. The molecule has 1 amide bonds. The van der Waals surface area contributed by atoms with Gasteiger partial charge in [-0.1, -0.05) is 12.1 Å². The number of carbonyl (C=O) groups excluding carboxylic acids is 1. The van der Waals surface area contributed by atoms with Gasteiger partial charge in [0, 0.05) is 18.0 Å². The third-order valence-electron chi connectivity index (χ3n) is 4.12. The maximum Gasteiger partial charge on any atom is 0.260 e. The molecule has 1 aliphatic heterocycles. The second kappa shape index (κ2) is 7.53. The molecule has 0 bridgehead atoms. The fourth-order valence-corrected chi connectivity index (χ4v) is 3.71. The van der Waals surface area contributed by atoms with Crippen molar-refractivity contribution in [2.24, 2.45) is 0 Å². The molecule has 4 nitrogen and oxygen atoms in total. The molecule has 0 spiro atoms. The van der Waals surface area contributed by atoms with Crippen LogP contribution in [0, 0.1) is 0 Å². The van der Waals surface area contributed by atoms with Crippen molar-refractivity contribution in [1.29, 1.82) is 0 Å². The smallest absolute Gasteiger partial charge is 0.260 e. The average Bonchev–Trinajstić information content (AvgIpc) is 3.08. The Labute approximate surface area is 146 Å². The number of amides is 1. The Kier molecular flexibility index (Phi) is 5.20. The number of hydrogen-bond donors (Lipinski definition) is 0. The highest BCUT2D eigenvalue weighted by molar-refractivity contribution is 7.10. The van der Waals surface area contributed by atoms with Crippen molar-refractivity contribution in [3.05, 3.63) is 58.3 Å². The van der Waals surface area contributed by atoms with Gasteiger partial charge in [0.1, 0.15) is 0 Å². The summed E-state index contributed by atoms with van der Waals surface area (Å²) in [6.07, 6.45) is 3.54. The quantitative estimate of drug-likeness (QED) is 0.754. The molecule has 0 aliphatic carbocycles. The lowest BCUT2D eigenvalue weighted by molar-refractivity contribution is -0.134. The first-order valence-corrected chi connectivity index (χ1v) is 8.83. The number of fused-ring (bicyclic) bond motifs is 1. The number of carbonyl (C=O) groups is 1. The number of benzene rings is 1. The van der Waals surface area contributed by atoms with Gasteiger partial charge in [-0.05, 0) is 47.5 Å². The van der Waals surface area contributed by atoms with E-state index in [1.165, 1.54) is 10.4 Å². The first-order valence-electron chi connectivity index (χ1n) is 7.95. The monoisotopic (exact) mass is 343 g/mol. The van der Waals surface area contributed by atoms with Crippen LogP contribution in [-0.4, -0.2) is 31.1 Å². The number of allylic oxidation sites excluding steroid dienone is 1. The van der Waals surface area contributed by atoms with Gasteiger partial charge in [-0.15, -0.1) is 17.9 Å². The van der Waals surface area contributed by atoms with Crippen LogP contribution in [0.5, 0.6) is 11.5 Å². The minimum atomic E-state index is 0.00377. The zero-order valence-electron chi connectivity index (χ0n) is 13.8. The first-order chi connectivity index (χ1) is 11.7. The molecular formula is C19H21NO3S. The van der Waals surface area contributed by atoms with Crippen LogP contribution in [0.3, 0.4) is 0 Å². The summed E-state index contributed by atoms with van der Waals surface area (Å²) in [5.74, 6) is 1.23. The molecule has 0 saturated carbocycles. The number of thiophene rings is 1. The van der Waals surface area contributed by atoms with Gasteiger partial charge in [0.05, 0.1) is 7.11 Å². The number of ether oxygens (including phenoxy) is 2. The molecule has 0 fully saturated rings. The van der Waals surface area contributed by atoms with Crippen LogP contribution in [0.1, 0.15) is 16.0 Å².